The molecule has 0 radical (unpaired) electrons. The first kappa shape index (κ1) is 15.8. The molecule has 0 spiro atoms. The average Bonchev–Trinajstić information content (AvgIpc) is 3.11. The monoisotopic (exact) mass is 345 g/mol. The highest BCUT2D eigenvalue weighted by Crippen LogP contribution is 2.40. The molecule has 2 aromatic heterocycles. The van der Waals surface area contributed by atoms with Crippen molar-refractivity contribution in [1.29, 1.82) is 0 Å². The maximum absolute atomic E-state index is 12.5. The van der Waals surface area contributed by atoms with Gasteiger partial charge in [-0.15, -0.1) is 11.3 Å². The summed E-state index contributed by atoms with van der Waals surface area (Å²) in [6, 6.07) is 0. The highest BCUT2D eigenvalue weighted by Gasteiger charge is 2.30. The maximum atomic E-state index is 12.5. The van der Waals surface area contributed by atoms with Crippen molar-refractivity contribution in [2.45, 2.75) is 45.1 Å². The van der Waals surface area contributed by atoms with Crippen molar-refractivity contribution < 1.29 is 4.79 Å². The zero-order valence-electron chi connectivity index (χ0n) is 13.9. The van der Waals surface area contributed by atoms with Crippen LogP contribution in [0, 0.1) is 5.92 Å². The molecule has 7 heteroatoms. The Morgan fingerprint density at radius 1 is 1.46 bits per heavy atom. The molecule has 3 heterocycles. The van der Waals surface area contributed by atoms with Crippen LogP contribution in [0.2, 0.25) is 0 Å². The lowest BCUT2D eigenvalue weighted by Crippen LogP contribution is -2.33. The maximum Gasteiger partial charge on any atom is 0.260 e. The third-order valence-electron chi connectivity index (χ3n) is 4.80. The van der Waals surface area contributed by atoms with Crippen LogP contribution in [0.4, 0.5) is 5.13 Å². The second-order valence-electron chi connectivity index (χ2n) is 7.05. The Morgan fingerprint density at radius 2 is 2.33 bits per heavy atom. The molecule has 1 aliphatic heterocycles. The van der Waals surface area contributed by atoms with E-state index in [1.54, 1.807) is 6.20 Å². The molecule has 2 aliphatic rings. The number of piperidine rings is 1. The van der Waals surface area contributed by atoms with Crippen LogP contribution in [0.3, 0.4) is 0 Å². The number of H-pyrrole nitrogens is 1. The van der Waals surface area contributed by atoms with Gasteiger partial charge in [0.15, 0.2) is 5.13 Å². The van der Waals surface area contributed by atoms with E-state index >= 15 is 0 Å². The van der Waals surface area contributed by atoms with Gasteiger partial charge in [-0.2, -0.15) is 5.10 Å². The van der Waals surface area contributed by atoms with Gasteiger partial charge in [0.2, 0.25) is 0 Å². The minimum atomic E-state index is -0.113. The molecule has 0 unspecified atom stereocenters. The predicted molar refractivity (Wildman–Crippen MR) is 94.3 cm³/mol. The van der Waals surface area contributed by atoms with Gasteiger partial charge in [-0.25, -0.2) is 4.98 Å². The van der Waals surface area contributed by atoms with Crippen molar-refractivity contribution in [3.63, 3.8) is 0 Å². The van der Waals surface area contributed by atoms with E-state index in [9.17, 15) is 4.79 Å². The van der Waals surface area contributed by atoms with Crippen molar-refractivity contribution in [2.75, 3.05) is 18.4 Å². The number of aromatic amines is 1. The minimum Gasteiger partial charge on any atom is -0.298 e. The lowest BCUT2D eigenvalue weighted by molar-refractivity contribution is 0.102. The summed E-state index contributed by atoms with van der Waals surface area (Å²) < 4.78 is 0. The minimum absolute atomic E-state index is 0.113. The number of amides is 1. The summed E-state index contributed by atoms with van der Waals surface area (Å²) in [4.78, 5) is 19.5. The lowest BCUT2D eigenvalue weighted by Gasteiger charge is -2.30. The van der Waals surface area contributed by atoms with Gasteiger partial charge in [0.05, 0.1) is 23.1 Å². The van der Waals surface area contributed by atoms with E-state index in [2.05, 4.69) is 32.3 Å². The highest BCUT2D eigenvalue weighted by atomic mass is 32.1. The Morgan fingerprint density at radius 3 is 3.12 bits per heavy atom. The van der Waals surface area contributed by atoms with Crippen molar-refractivity contribution in [3.05, 3.63) is 28.5 Å². The van der Waals surface area contributed by atoms with Gasteiger partial charge in [0.25, 0.3) is 5.91 Å². The van der Waals surface area contributed by atoms with Crippen LogP contribution in [-0.2, 0) is 6.54 Å². The van der Waals surface area contributed by atoms with Crippen molar-refractivity contribution >= 4 is 22.4 Å². The van der Waals surface area contributed by atoms with Gasteiger partial charge in [0.1, 0.15) is 0 Å². The van der Waals surface area contributed by atoms with Crippen LogP contribution in [0.25, 0.3) is 0 Å². The van der Waals surface area contributed by atoms with E-state index in [1.807, 2.05) is 5.38 Å². The summed E-state index contributed by atoms with van der Waals surface area (Å²) in [6.45, 7) is 5.46. The predicted octanol–water partition coefficient (Wildman–Crippen LogP) is 3.23. The second-order valence-corrected chi connectivity index (χ2v) is 7.91. The van der Waals surface area contributed by atoms with E-state index in [1.165, 1.54) is 24.2 Å². The second kappa shape index (κ2) is 6.64. The van der Waals surface area contributed by atoms with Gasteiger partial charge in [-0.1, -0.05) is 6.92 Å². The molecule has 6 nitrogen and oxygen atoms in total. The summed E-state index contributed by atoms with van der Waals surface area (Å²) in [5.41, 5.74) is 2.66. The van der Waals surface area contributed by atoms with Gasteiger partial charge in [0, 0.05) is 24.4 Å². The van der Waals surface area contributed by atoms with E-state index in [0.29, 0.717) is 16.6 Å². The molecule has 0 bridgehead atoms. The molecule has 2 N–H and O–H groups in total. The Hall–Kier alpha value is -1.73. The molecular formula is C17H23N5OS. The van der Waals surface area contributed by atoms with Crippen LogP contribution < -0.4 is 5.32 Å². The number of nitrogens with one attached hydrogen (secondary N) is 2. The Bertz CT molecular complexity index is 720. The Balaban J connectivity index is 1.38. The summed E-state index contributed by atoms with van der Waals surface area (Å²) in [7, 11) is 0. The molecule has 24 heavy (non-hydrogen) atoms. The number of nitrogens with zero attached hydrogens (tertiary/aromatic N) is 3. The number of rotatable bonds is 5. The number of likely N-dealkylation sites (tertiary alicyclic amines) is 1. The summed E-state index contributed by atoms with van der Waals surface area (Å²) >= 11 is 1.49. The molecule has 2 fully saturated rings. The molecule has 1 amide bonds. The van der Waals surface area contributed by atoms with Crippen LogP contribution in [0.5, 0.6) is 0 Å². The van der Waals surface area contributed by atoms with Gasteiger partial charge < -0.3 is 0 Å². The molecular weight excluding hydrogens is 322 g/mol. The molecule has 1 saturated heterocycles. The van der Waals surface area contributed by atoms with Crippen molar-refractivity contribution in [3.8, 4) is 0 Å². The number of aromatic nitrogens is 3. The van der Waals surface area contributed by atoms with Gasteiger partial charge in [-0.05, 0) is 38.1 Å². The zero-order valence-corrected chi connectivity index (χ0v) is 14.7. The van der Waals surface area contributed by atoms with Crippen LogP contribution in [-0.4, -0.2) is 39.1 Å². The smallest absolute Gasteiger partial charge is 0.260 e. The SMILES string of the molecule is C[C@H]1CCCN(Cc2csc(NC(=O)c3cn[nH]c3C3CC3)n2)C1. The number of carbonyl (C=O) groups is 1. The summed E-state index contributed by atoms with van der Waals surface area (Å²) in [6.07, 6.45) is 6.48. The number of hydrogen-bond acceptors (Lipinski definition) is 5. The van der Waals surface area contributed by atoms with E-state index in [4.69, 9.17) is 0 Å². The molecule has 128 valence electrons. The average molecular weight is 345 g/mol. The molecule has 1 atom stereocenters. The molecule has 1 saturated carbocycles. The number of carbonyl (C=O) groups excluding carboxylic acids is 1. The fourth-order valence-corrected chi connectivity index (χ4v) is 4.12. The van der Waals surface area contributed by atoms with E-state index in [-0.39, 0.29) is 5.91 Å². The molecule has 2 aromatic rings. The first-order valence-electron chi connectivity index (χ1n) is 8.70. The Kier molecular flexibility index (Phi) is 4.37. The number of thiazole rings is 1. The highest BCUT2D eigenvalue weighted by molar-refractivity contribution is 7.13. The largest absolute Gasteiger partial charge is 0.298 e. The molecule has 4 rings (SSSR count). The fraction of sp³-hybridized carbons (Fsp3) is 0.588. The van der Waals surface area contributed by atoms with Crippen LogP contribution >= 0.6 is 11.3 Å². The zero-order chi connectivity index (χ0) is 16.5. The molecule has 1 aliphatic carbocycles. The quantitative estimate of drug-likeness (QED) is 0.872. The summed E-state index contributed by atoms with van der Waals surface area (Å²) in [5.74, 6) is 1.12. The topological polar surface area (TPSA) is 73.9 Å². The normalized spacial score (nSPS) is 21.8. The van der Waals surface area contributed by atoms with Gasteiger partial charge in [-0.3, -0.25) is 20.1 Å². The lowest BCUT2D eigenvalue weighted by atomic mass is 10.0. The Labute approximate surface area is 145 Å². The first-order valence-corrected chi connectivity index (χ1v) is 9.58. The number of anilines is 1. The first-order chi connectivity index (χ1) is 11.7. The standard InChI is InChI=1S/C17H23N5OS/c1-11-3-2-6-22(8-11)9-13-10-24-17(19-13)20-16(23)14-7-18-21-15(14)12-4-5-12/h7,10-12H,2-6,8-9H2,1H3,(H,18,21)(H,19,20,23)/t11-/m0/s1. The van der Waals surface area contributed by atoms with Gasteiger partial charge >= 0.3 is 0 Å². The van der Waals surface area contributed by atoms with Crippen molar-refractivity contribution in [1.82, 2.24) is 20.1 Å². The van der Waals surface area contributed by atoms with Crippen molar-refractivity contribution in [2.24, 2.45) is 5.92 Å². The fourth-order valence-electron chi connectivity index (χ4n) is 3.42. The van der Waals surface area contributed by atoms with Crippen LogP contribution in [0.1, 0.15) is 60.3 Å². The van der Waals surface area contributed by atoms with E-state index < -0.39 is 0 Å². The molecule has 0 aromatic carbocycles. The third-order valence-corrected chi connectivity index (χ3v) is 5.60. The van der Waals surface area contributed by atoms with Crippen LogP contribution in [0.15, 0.2) is 11.6 Å². The van der Waals surface area contributed by atoms with E-state index in [0.717, 1.165) is 49.8 Å². The summed E-state index contributed by atoms with van der Waals surface area (Å²) in [5, 5.41) is 12.6. The third kappa shape index (κ3) is 3.52. The number of hydrogen-bond donors (Lipinski definition) is 2.